The molecule has 3 N–H and O–H groups in total. The number of amidine groups is 1. The normalized spacial score (nSPS) is 17.5. The van der Waals surface area contributed by atoms with E-state index in [1.54, 1.807) is 13.0 Å². The first-order chi connectivity index (χ1) is 8.20. The second-order valence-electron chi connectivity index (χ2n) is 4.52. The molecule has 1 aliphatic carbocycles. The third-order valence-electron chi connectivity index (χ3n) is 3.22. The lowest BCUT2D eigenvalue weighted by Gasteiger charge is -2.10. The highest BCUT2D eigenvalue weighted by atomic mass is 19.1. The Kier molecular flexibility index (Phi) is 3.74. The van der Waals surface area contributed by atoms with E-state index in [2.05, 4.69) is 10.4 Å². The lowest BCUT2D eigenvalue weighted by atomic mass is 10.1. The van der Waals surface area contributed by atoms with Crippen molar-refractivity contribution in [1.82, 2.24) is 5.43 Å². The van der Waals surface area contributed by atoms with Crippen LogP contribution in [-0.2, 0) is 0 Å². The van der Waals surface area contributed by atoms with Gasteiger partial charge in [-0.2, -0.15) is 0 Å². The Bertz CT molecular complexity index is 423. The summed E-state index contributed by atoms with van der Waals surface area (Å²) >= 11 is 0. The summed E-state index contributed by atoms with van der Waals surface area (Å²) in [5.74, 6) is 5.82. The maximum absolute atomic E-state index is 13.5. The van der Waals surface area contributed by atoms with Crippen molar-refractivity contribution in [2.75, 3.05) is 0 Å². The molecule has 0 heterocycles. The fraction of sp³-hybridized carbons (Fsp3) is 0.462. The second-order valence-corrected chi connectivity index (χ2v) is 4.52. The maximum atomic E-state index is 13.5. The van der Waals surface area contributed by atoms with Gasteiger partial charge >= 0.3 is 0 Å². The highest BCUT2D eigenvalue weighted by molar-refractivity contribution is 5.98. The molecule has 0 unspecified atom stereocenters. The van der Waals surface area contributed by atoms with Crippen LogP contribution in [0.4, 0.5) is 4.39 Å². The first-order valence-corrected chi connectivity index (χ1v) is 6.01. The zero-order valence-electron chi connectivity index (χ0n) is 10.0. The van der Waals surface area contributed by atoms with Gasteiger partial charge < -0.3 is 5.43 Å². The van der Waals surface area contributed by atoms with Crippen LogP contribution >= 0.6 is 0 Å². The molecule has 1 aromatic rings. The van der Waals surface area contributed by atoms with Crippen LogP contribution in [0, 0.1) is 12.7 Å². The van der Waals surface area contributed by atoms with Gasteiger partial charge in [-0.25, -0.2) is 10.2 Å². The highest BCUT2D eigenvalue weighted by Gasteiger charge is 2.15. The van der Waals surface area contributed by atoms with Gasteiger partial charge in [0.15, 0.2) is 0 Å². The highest BCUT2D eigenvalue weighted by Crippen LogP contribution is 2.21. The Hall–Kier alpha value is -1.42. The van der Waals surface area contributed by atoms with E-state index >= 15 is 0 Å². The van der Waals surface area contributed by atoms with E-state index in [0.717, 1.165) is 12.8 Å². The summed E-state index contributed by atoms with van der Waals surface area (Å²) in [4.78, 5) is 4.55. The Morgan fingerprint density at radius 1 is 1.41 bits per heavy atom. The van der Waals surface area contributed by atoms with Crippen molar-refractivity contribution in [3.8, 4) is 0 Å². The molecular weight excluding hydrogens is 217 g/mol. The van der Waals surface area contributed by atoms with Crippen LogP contribution in [0.15, 0.2) is 23.2 Å². The van der Waals surface area contributed by atoms with Gasteiger partial charge in [-0.05, 0) is 31.4 Å². The number of nitrogens with two attached hydrogens (primary N) is 1. The summed E-state index contributed by atoms with van der Waals surface area (Å²) in [6, 6.07) is 5.38. The zero-order valence-corrected chi connectivity index (χ0v) is 10.0. The third kappa shape index (κ3) is 2.82. The Morgan fingerprint density at radius 3 is 2.71 bits per heavy atom. The minimum Gasteiger partial charge on any atom is -0.308 e. The van der Waals surface area contributed by atoms with Gasteiger partial charge in [0, 0.05) is 5.56 Å². The van der Waals surface area contributed by atoms with Crippen molar-refractivity contribution >= 4 is 5.84 Å². The summed E-state index contributed by atoms with van der Waals surface area (Å²) in [5.41, 5.74) is 3.92. The van der Waals surface area contributed by atoms with Gasteiger partial charge in [-0.1, -0.05) is 25.0 Å². The topological polar surface area (TPSA) is 50.4 Å². The van der Waals surface area contributed by atoms with Crippen molar-refractivity contribution in [2.24, 2.45) is 10.8 Å². The maximum Gasteiger partial charge on any atom is 0.142 e. The van der Waals surface area contributed by atoms with Gasteiger partial charge in [0.05, 0.1) is 6.04 Å². The number of hydrogen-bond donors (Lipinski definition) is 2. The second kappa shape index (κ2) is 5.27. The molecule has 1 aromatic carbocycles. The van der Waals surface area contributed by atoms with E-state index in [9.17, 15) is 4.39 Å². The molecule has 0 radical (unpaired) electrons. The van der Waals surface area contributed by atoms with Crippen LogP contribution in [0.5, 0.6) is 0 Å². The number of benzene rings is 1. The van der Waals surface area contributed by atoms with Crippen molar-refractivity contribution < 1.29 is 4.39 Å². The van der Waals surface area contributed by atoms with Crippen molar-refractivity contribution in [2.45, 2.75) is 38.6 Å². The molecule has 1 fully saturated rings. The Balaban J connectivity index is 2.24. The summed E-state index contributed by atoms with van der Waals surface area (Å²) in [7, 11) is 0. The number of halogens is 1. The van der Waals surface area contributed by atoms with Gasteiger partial charge in [-0.3, -0.25) is 4.99 Å². The quantitative estimate of drug-likeness (QED) is 0.357. The van der Waals surface area contributed by atoms with Crippen molar-refractivity contribution in [3.05, 3.63) is 35.1 Å². The van der Waals surface area contributed by atoms with Gasteiger partial charge in [0.1, 0.15) is 11.7 Å². The van der Waals surface area contributed by atoms with Crippen LogP contribution in [0.1, 0.15) is 36.8 Å². The molecule has 0 aliphatic heterocycles. The standard InChI is InChI=1S/C13H18FN3/c1-9-6-7-10(8-12(9)14)13(17-15)16-11-4-2-3-5-11/h6-8,11H,2-5,15H2,1H3,(H,16,17). The zero-order chi connectivity index (χ0) is 12.3. The van der Waals surface area contributed by atoms with Crippen LogP contribution in [0.25, 0.3) is 0 Å². The minimum absolute atomic E-state index is 0.225. The average molecular weight is 235 g/mol. The summed E-state index contributed by atoms with van der Waals surface area (Å²) in [6.07, 6.45) is 4.63. The first kappa shape index (κ1) is 12.0. The van der Waals surface area contributed by atoms with E-state index in [0.29, 0.717) is 23.0 Å². The number of hydrogen-bond acceptors (Lipinski definition) is 2. The lowest BCUT2D eigenvalue weighted by molar-refractivity contribution is 0.618. The minimum atomic E-state index is -0.225. The first-order valence-electron chi connectivity index (χ1n) is 6.01. The molecule has 0 spiro atoms. The fourth-order valence-electron chi connectivity index (χ4n) is 2.15. The summed E-state index contributed by atoms with van der Waals surface area (Å²) in [6.45, 7) is 1.74. The van der Waals surface area contributed by atoms with E-state index < -0.39 is 0 Å². The number of rotatable bonds is 2. The molecule has 0 aromatic heterocycles. The third-order valence-corrected chi connectivity index (χ3v) is 3.22. The smallest absolute Gasteiger partial charge is 0.142 e. The van der Waals surface area contributed by atoms with Gasteiger partial charge in [0.2, 0.25) is 0 Å². The van der Waals surface area contributed by atoms with Crippen LogP contribution in [-0.4, -0.2) is 11.9 Å². The molecular formula is C13H18FN3. The molecule has 0 saturated heterocycles. The Morgan fingerprint density at radius 2 is 2.12 bits per heavy atom. The predicted molar refractivity (Wildman–Crippen MR) is 67.3 cm³/mol. The van der Waals surface area contributed by atoms with Gasteiger partial charge in [-0.15, -0.1) is 0 Å². The molecule has 0 atom stereocenters. The van der Waals surface area contributed by atoms with Crippen molar-refractivity contribution in [3.63, 3.8) is 0 Å². The predicted octanol–water partition coefficient (Wildman–Crippen LogP) is 2.29. The largest absolute Gasteiger partial charge is 0.308 e. The molecule has 92 valence electrons. The molecule has 1 saturated carbocycles. The fourth-order valence-corrected chi connectivity index (χ4v) is 2.15. The molecule has 0 amide bonds. The van der Waals surface area contributed by atoms with E-state index in [1.807, 2.05) is 6.07 Å². The summed E-state index contributed by atoms with van der Waals surface area (Å²) in [5, 5.41) is 0. The number of aryl methyl sites for hydroxylation is 1. The molecule has 1 aliphatic rings. The summed E-state index contributed by atoms with van der Waals surface area (Å²) < 4.78 is 13.5. The van der Waals surface area contributed by atoms with E-state index in [4.69, 9.17) is 5.84 Å². The van der Waals surface area contributed by atoms with E-state index in [1.165, 1.54) is 18.9 Å². The van der Waals surface area contributed by atoms with E-state index in [-0.39, 0.29) is 5.82 Å². The molecule has 0 bridgehead atoms. The molecule has 3 nitrogen and oxygen atoms in total. The Labute approximate surface area is 101 Å². The monoisotopic (exact) mass is 235 g/mol. The van der Waals surface area contributed by atoms with Crippen LogP contribution in [0.3, 0.4) is 0 Å². The van der Waals surface area contributed by atoms with Crippen LogP contribution < -0.4 is 11.3 Å². The SMILES string of the molecule is Cc1ccc(C(=NC2CCCC2)NN)cc1F. The van der Waals surface area contributed by atoms with Crippen LogP contribution in [0.2, 0.25) is 0 Å². The number of nitrogens with zero attached hydrogens (tertiary/aromatic N) is 1. The average Bonchev–Trinajstić information content (AvgIpc) is 2.82. The molecule has 4 heteroatoms. The number of aliphatic imine (C=N–C) groups is 1. The number of hydrazine groups is 1. The lowest BCUT2D eigenvalue weighted by Crippen LogP contribution is -2.32. The van der Waals surface area contributed by atoms with Gasteiger partial charge in [0.25, 0.3) is 0 Å². The molecule has 17 heavy (non-hydrogen) atoms. The molecule has 2 rings (SSSR count). The van der Waals surface area contributed by atoms with Crippen molar-refractivity contribution in [1.29, 1.82) is 0 Å². The number of nitrogens with one attached hydrogen (secondary N) is 1.